The summed E-state index contributed by atoms with van der Waals surface area (Å²) in [6.45, 7) is 5.68. The number of rotatable bonds is 8. The van der Waals surface area contributed by atoms with Crippen molar-refractivity contribution in [2.24, 2.45) is 0 Å². The number of anilines is 2. The highest BCUT2D eigenvalue weighted by molar-refractivity contribution is 5.92. The summed E-state index contributed by atoms with van der Waals surface area (Å²) in [7, 11) is 1.64. The van der Waals surface area contributed by atoms with E-state index in [0.717, 1.165) is 54.2 Å². The van der Waals surface area contributed by atoms with Gasteiger partial charge in [-0.1, -0.05) is 17.7 Å². The molecule has 0 aliphatic carbocycles. The van der Waals surface area contributed by atoms with Crippen molar-refractivity contribution in [1.29, 1.82) is 0 Å². The number of amides is 3. The third-order valence-electron chi connectivity index (χ3n) is 7.57. The van der Waals surface area contributed by atoms with Gasteiger partial charge in [-0.05, 0) is 74.7 Å². The molecule has 0 bridgehead atoms. The number of urea groups is 1. The van der Waals surface area contributed by atoms with Crippen molar-refractivity contribution in [3.63, 3.8) is 0 Å². The number of carbonyl (C=O) groups excluding carboxylic acids is 2. The lowest BCUT2D eigenvalue weighted by molar-refractivity contribution is -0.131. The lowest BCUT2D eigenvalue weighted by atomic mass is 10.1. The van der Waals surface area contributed by atoms with Crippen LogP contribution in [-0.2, 0) is 9.53 Å². The summed E-state index contributed by atoms with van der Waals surface area (Å²) in [6.07, 6.45) is 2.61. The first kappa shape index (κ1) is 28.4. The van der Waals surface area contributed by atoms with Gasteiger partial charge in [-0.3, -0.25) is 4.79 Å². The maximum Gasteiger partial charge on any atom is 0.322 e. The second kappa shape index (κ2) is 13.5. The predicted molar refractivity (Wildman–Crippen MR) is 158 cm³/mol. The van der Waals surface area contributed by atoms with Gasteiger partial charge < -0.3 is 29.5 Å². The SMILES string of the molecule is COc1ccc(-c2ccc(N3CCCN(C(=O)CN(C[C@@H]4CCCO4)C(=O)Nc4ccc(C)cc4)CC3)nn2)cc1. The maximum atomic E-state index is 13.4. The van der Waals surface area contributed by atoms with Crippen molar-refractivity contribution < 1.29 is 19.1 Å². The summed E-state index contributed by atoms with van der Waals surface area (Å²) in [5, 5.41) is 11.9. The number of benzene rings is 2. The molecular weight excluding hydrogens is 520 g/mol. The maximum absolute atomic E-state index is 13.4. The highest BCUT2D eigenvalue weighted by Gasteiger charge is 2.27. The zero-order chi connectivity index (χ0) is 28.6. The average Bonchev–Trinajstić information content (AvgIpc) is 3.39. The molecule has 2 saturated heterocycles. The fourth-order valence-electron chi connectivity index (χ4n) is 5.16. The van der Waals surface area contributed by atoms with Gasteiger partial charge in [-0.2, -0.15) is 0 Å². The molecule has 2 aromatic carbocycles. The molecule has 10 nitrogen and oxygen atoms in total. The molecule has 10 heteroatoms. The minimum atomic E-state index is -0.290. The van der Waals surface area contributed by atoms with Crippen molar-refractivity contribution in [3.8, 4) is 17.0 Å². The van der Waals surface area contributed by atoms with Crippen LogP contribution in [0.3, 0.4) is 0 Å². The second-order valence-corrected chi connectivity index (χ2v) is 10.5. The number of carbonyl (C=O) groups is 2. The monoisotopic (exact) mass is 558 g/mol. The minimum Gasteiger partial charge on any atom is -0.497 e. The smallest absolute Gasteiger partial charge is 0.322 e. The fourth-order valence-corrected chi connectivity index (χ4v) is 5.16. The van der Waals surface area contributed by atoms with E-state index in [-0.39, 0.29) is 24.6 Å². The zero-order valence-corrected chi connectivity index (χ0v) is 23.8. The molecule has 41 heavy (non-hydrogen) atoms. The van der Waals surface area contributed by atoms with E-state index in [9.17, 15) is 9.59 Å². The number of nitrogens with zero attached hydrogens (tertiary/aromatic N) is 5. The van der Waals surface area contributed by atoms with Gasteiger partial charge in [0.15, 0.2) is 5.82 Å². The van der Waals surface area contributed by atoms with Crippen LogP contribution in [0.15, 0.2) is 60.7 Å². The number of aromatic nitrogens is 2. The lowest BCUT2D eigenvalue weighted by Crippen LogP contribution is -2.47. The van der Waals surface area contributed by atoms with Crippen molar-refractivity contribution >= 4 is 23.4 Å². The molecule has 0 spiro atoms. The first-order chi connectivity index (χ1) is 20.0. The van der Waals surface area contributed by atoms with E-state index in [4.69, 9.17) is 9.47 Å². The van der Waals surface area contributed by atoms with Crippen LogP contribution in [0.2, 0.25) is 0 Å². The van der Waals surface area contributed by atoms with Gasteiger partial charge in [-0.15, -0.1) is 10.2 Å². The number of nitrogens with one attached hydrogen (secondary N) is 1. The Balaban J connectivity index is 1.19. The van der Waals surface area contributed by atoms with Crippen LogP contribution in [0.25, 0.3) is 11.3 Å². The van der Waals surface area contributed by atoms with Crippen LogP contribution in [-0.4, -0.2) is 91.0 Å². The Morgan fingerprint density at radius 1 is 0.976 bits per heavy atom. The van der Waals surface area contributed by atoms with Crippen molar-refractivity contribution in [1.82, 2.24) is 20.0 Å². The minimum absolute atomic E-state index is 0.00786. The van der Waals surface area contributed by atoms with Gasteiger partial charge in [0, 0.05) is 50.6 Å². The highest BCUT2D eigenvalue weighted by atomic mass is 16.5. The Kier molecular flexibility index (Phi) is 9.30. The summed E-state index contributed by atoms with van der Waals surface area (Å²) in [4.78, 5) is 32.3. The molecule has 3 amide bonds. The molecule has 5 rings (SSSR count). The van der Waals surface area contributed by atoms with Gasteiger partial charge in [0.05, 0.1) is 18.9 Å². The molecule has 0 saturated carbocycles. The Morgan fingerprint density at radius 2 is 1.78 bits per heavy atom. The quantitative estimate of drug-likeness (QED) is 0.442. The van der Waals surface area contributed by atoms with Crippen LogP contribution >= 0.6 is 0 Å². The zero-order valence-electron chi connectivity index (χ0n) is 23.8. The summed E-state index contributed by atoms with van der Waals surface area (Å²) in [5.41, 5.74) is 3.58. The van der Waals surface area contributed by atoms with E-state index < -0.39 is 0 Å². The van der Waals surface area contributed by atoms with Gasteiger partial charge in [-0.25, -0.2) is 4.79 Å². The van der Waals surface area contributed by atoms with E-state index in [1.165, 1.54) is 0 Å². The number of aryl methyl sites for hydroxylation is 1. The van der Waals surface area contributed by atoms with Gasteiger partial charge in [0.1, 0.15) is 12.3 Å². The van der Waals surface area contributed by atoms with E-state index in [1.807, 2.05) is 72.5 Å². The first-order valence-corrected chi connectivity index (χ1v) is 14.2. The van der Waals surface area contributed by atoms with E-state index in [2.05, 4.69) is 20.4 Å². The highest BCUT2D eigenvalue weighted by Crippen LogP contribution is 2.22. The molecule has 2 aliphatic heterocycles. The van der Waals surface area contributed by atoms with Gasteiger partial charge >= 0.3 is 6.03 Å². The number of hydrogen-bond donors (Lipinski definition) is 1. The van der Waals surface area contributed by atoms with E-state index in [0.29, 0.717) is 38.5 Å². The number of methoxy groups -OCH3 is 1. The summed E-state index contributed by atoms with van der Waals surface area (Å²) in [6, 6.07) is 19.0. The van der Waals surface area contributed by atoms with E-state index >= 15 is 0 Å². The van der Waals surface area contributed by atoms with Gasteiger partial charge in [0.2, 0.25) is 5.91 Å². The second-order valence-electron chi connectivity index (χ2n) is 10.5. The van der Waals surface area contributed by atoms with Crippen molar-refractivity contribution in [3.05, 3.63) is 66.2 Å². The van der Waals surface area contributed by atoms with Crippen LogP contribution in [0.1, 0.15) is 24.8 Å². The van der Waals surface area contributed by atoms with Crippen LogP contribution in [0.5, 0.6) is 5.75 Å². The first-order valence-electron chi connectivity index (χ1n) is 14.2. The number of hydrogen-bond acceptors (Lipinski definition) is 7. The van der Waals surface area contributed by atoms with Crippen molar-refractivity contribution in [2.75, 3.05) is 63.2 Å². The molecule has 1 aromatic heterocycles. The van der Waals surface area contributed by atoms with Gasteiger partial charge in [0.25, 0.3) is 0 Å². The Bertz CT molecular complexity index is 1290. The molecule has 2 fully saturated rings. The van der Waals surface area contributed by atoms with Crippen molar-refractivity contribution in [2.45, 2.75) is 32.3 Å². The molecule has 216 valence electrons. The van der Waals surface area contributed by atoms with Crippen LogP contribution < -0.4 is 15.0 Å². The Hall–Kier alpha value is -4.18. The van der Waals surface area contributed by atoms with Crippen LogP contribution in [0.4, 0.5) is 16.3 Å². The van der Waals surface area contributed by atoms with Crippen LogP contribution in [0, 0.1) is 6.92 Å². The lowest BCUT2D eigenvalue weighted by Gasteiger charge is -2.28. The number of ether oxygens (including phenoxy) is 2. The largest absolute Gasteiger partial charge is 0.497 e. The summed E-state index contributed by atoms with van der Waals surface area (Å²) >= 11 is 0. The standard InChI is InChI=1S/C31H38N6O4/c1-23-6-10-25(11-7-23)32-31(39)37(21-27-5-3-20-41-27)22-30(38)36-17-4-16-35(18-19-36)29-15-14-28(33-34-29)24-8-12-26(40-2)13-9-24/h6-15,27H,3-5,16-22H2,1-2H3,(H,32,39)/t27-/m0/s1. The topological polar surface area (TPSA) is 100 Å². The Labute approximate surface area is 241 Å². The third-order valence-corrected chi connectivity index (χ3v) is 7.57. The molecule has 3 heterocycles. The summed E-state index contributed by atoms with van der Waals surface area (Å²) < 4.78 is 11.0. The summed E-state index contributed by atoms with van der Waals surface area (Å²) in [5.74, 6) is 1.52. The molecule has 0 unspecified atom stereocenters. The fraction of sp³-hybridized carbons (Fsp3) is 0.419. The molecule has 1 N–H and O–H groups in total. The predicted octanol–water partition coefficient (Wildman–Crippen LogP) is 4.21. The molecule has 0 radical (unpaired) electrons. The molecule has 1 atom stereocenters. The third kappa shape index (κ3) is 7.52. The molecule has 3 aromatic rings. The normalized spacial score (nSPS) is 17.2. The average molecular weight is 559 g/mol. The molecule has 2 aliphatic rings. The molecular formula is C31H38N6O4. The van der Waals surface area contributed by atoms with E-state index in [1.54, 1.807) is 12.0 Å². The Morgan fingerprint density at radius 3 is 2.46 bits per heavy atom.